The molecule has 0 aromatic carbocycles. The van der Waals surface area contributed by atoms with Crippen LogP contribution in [0, 0.1) is 0 Å². The summed E-state index contributed by atoms with van der Waals surface area (Å²) in [5.41, 5.74) is 0.859. The molecular weight excluding hydrogens is 288 g/mol. The fraction of sp³-hybridized carbons (Fsp3) is 0.600. The van der Waals surface area contributed by atoms with E-state index in [2.05, 4.69) is 12.2 Å². The summed E-state index contributed by atoms with van der Waals surface area (Å²) in [6.45, 7) is 4.79. The number of allylic oxidation sites excluding steroid dienone is 2. The predicted molar refractivity (Wildman–Crippen MR) is 83.9 cm³/mol. The van der Waals surface area contributed by atoms with E-state index in [4.69, 9.17) is 0 Å². The van der Waals surface area contributed by atoms with Gasteiger partial charge in [-0.05, 0) is 25.5 Å². The molecular formula is C15H22N2O3S. The molecule has 0 spiro atoms. The van der Waals surface area contributed by atoms with Gasteiger partial charge in [0, 0.05) is 5.75 Å². The molecule has 116 valence electrons. The van der Waals surface area contributed by atoms with Crippen LogP contribution >= 0.6 is 11.8 Å². The highest BCUT2D eigenvalue weighted by molar-refractivity contribution is 8.00. The van der Waals surface area contributed by atoms with Crippen molar-refractivity contribution in [3.63, 3.8) is 0 Å². The van der Waals surface area contributed by atoms with Gasteiger partial charge in [-0.15, -0.1) is 11.8 Å². The fourth-order valence-corrected chi connectivity index (χ4v) is 4.01. The van der Waals surface area contributed by atoms with Crippen LogP contribution in [-0.4, -0.2) is 45.6 Å². The molecule has 2 heterocycles. The first-order valence-electron chi connectivity index (χ1n) is 7.39. The smallest absolute Gasteiger partial charge is 0.352 e. The first kappa shape index (κ1) is 16.1. The summed E-state index contributed by atoms with van der Waals surface area (Å²) < 4.78 is 0. The Morgan fingerprint density at radius 3 is 2.90 bits per heavy atom. The maximum Gasteiger partial charge on any atom is 0.352 e. The second-order valence-corrected chi connectivity index (χ2v) is 6.33. The molecule has 1 unspecified atom stereocenters. The van der Waals surface area contributed by atoms with E-state index < -0.39 is 5.97 Å². The van der Waals surface area contributed by atoms with Crippen molar-refractivity contribution in [2.24, 2.45) is 0 Å². The molecule has 2 N–H and O–H groups in total. The van der Waals surface area contributed by atoms with Crippen molar-refractivity contribution < 1.29 is 14.7 Å². The van der Waals surface area contributed by atoms with Gasteiger partial charge in [-0.1, -0.05) is 31.9 Å². The fourth-order valence-electron chi connectivity index (χ4n) is 2.66. The van der Waals surface area contributed by atoms with E-state index in [1.807, 2.05) is 13.0 Å². The van der Waals surface area contributed by atoms with Gasteiger partial charge in [0.2, 0.25) is 5.91 Å². The van der Waals surface area contributed by atoms with Crippen molar-refractivity contribution >= 4 is 23.6 Å². The van der Waals surface area contributed by atoms with E-state index in [1.165, 1.54) is 4.90 Å². The van der Waals surface area contributed by atoms with Crippen molar-refractivity contribution in [2.75, 3.05) is 12.3 Å². The third-order valence-corrected chi connectivity index (χ3v) is 5.01. The maximum atomic E-state index is 12.3. The number of hydrogen-bond acceptors (Lipinski definition) is 4. The zero-order valence-electron chi connectivity index (χ0n) is 12.5. The number of carboxylic acids is 1. The zero-order chi connectivity index (χ0) is 15.4. The molecule has 6 heteroatoms. The Balaban J connectivity index is 2.06. The van der Waals surface area contributed by atoms with E-state index in [-0.39, 0.29) is 23.0 Å². The average Bonchev–Trinajstić information content (AvgIpc) is 2.46. The van der Waals surface area contributed by atoms with Gasteiger partial charge < -0.3 is 10.4 Å². The van der Waals surface area contributed by atoms with Crippen LogP contribution in [0.4, 0.5) is 0 Å². The highest BCUT2D eigenvalue weighted by Crippen LogP contribution is 2.40. The zero-order valence-corrected chi connectivity index (χ0v) is 13.3. The van der Waals surface area contributed by atoms with Gasteiger partial charge in [-0.3, -0.25) is 9.69 Å². The summed E-state index contributed by atoms with van der Waals surface area (Å²) >= 11 is 1.63. The SMILES string of the molecule is CC=CC1=C(C(=O)O)N2C(=O)C(NCCCCC)[C@@H]2SC1. The lowest BCUT2D eigenvalue weighted by Gasteiger charge is -2.49. The van der Waals surface area contributed by atoms with Gasteiger partial charge in [0.25, 0.3) is 0 Å². The average molecular weight is 310 g/mol. The molecule has 2 aliphatic heterocycles. The number of nitrogens with zero attached hydrogens (tertiary/aromatic N) is 1. The van der Waals surface area contributed by atoms with Gasteiger partial charge >= 0.3 is 5.97 Å². The Morgan fingerprint density at radius 2 is 2.29 bits per heavy atom. The van der Waals surface area contributed by atoms with Crippen LogP contribution in [0.25, 0.3) is 0 Å². The summed E-state index contributed by atoms with van der Waals surface area (Å²) in [7, 11) is 0. The highest BCUT2D eigenvalue weighted by Gasteiger charge is 2.52. The Bertz CT molecular complexity index is 487. The predicted octanol–water partition coefficient (Wildman–Crippen LogP) is 1.96. The molecule has 1 saturated heterocycles. The highest BCUT2D eigenvalue weighted by atomic mass is 32.2. The molecule has 2 rings (SSSR count). The minimum atomic E-state index is -1.02. The van der Waals surface area contributed by atoms with Crippen LogP contribution in [0.15, 0.2) is 23.4 Å². The lowest BCUT2D eigenvalue weighted by Crippen LogP contribution is -2.69. The number of nitrogens with one attached hydrogen (secondary N) is 1. The molecule has 0 saturated carbocycles. The second-order valence-electron chi connectivity index (χ2n) is 5.23. The number of unbranched alkanes of at least 4 members (excludes halogenated alkanes) is 2. The molecule has 21 heavy (non-hydrogen) atoms. The monoisotopic (exact) mass is 310 g/mol. The van der Waals surface area contributed by atoms with Crippen LogP contribution in [0.1, 0.15) is 33.1 Å². The molecule has 5 nitrogen and oxygen atoms in total. The van der Waals surface area contributed by atoms with E-state index in [1.54, 1.807) is 17.8 Å². The first-order valence-corrected chi connectivity index (χ1v) is 8.43. The second kappa shape index (κ2) is 7.13. The number of hydrogen-bond donors (Lipinski definition) is 2. The van der Waals surface area contributed by atoms with Gasteiger partial charge in [-0.25, -0.2) is 4.79 Å². The lowest BCUT2D eigenvalue weighted by molar-refractivity contribution is -0.149. The van der Waals surface area contributed by atoms with Gasteiger partial charge in [0.15, 0.2) is 0 Å². The number of thioether (sulfide) groups is 1. The number of amides is 1. The van der Waals surface area contributed by atoms with Crippen molar-refractivity contribution in [2.45, 2.75) is 44.5 Å². The van der Waals surface area contributed by atoms with Crippen LogP contribution in [0.2, 0.25) is 0 Å². The minimum Gasteiger partial charge on any atom is -0.477 e. The van der Waals surface area contributed by atoms with Crippen LogP contribution < -0.4 is 5.32 Å². The van der Waals surface area contributed by atoms with E-state index in [0.29, 0.717) is 11.3 Å². The summed E-state index contributed by atoms with van der Waals surface area (Å²) in [5, 5.41) is 12.6. The van der Waals surface area contributed by atoms with Gasteiger partial charge in [0.1, 0.15) is 17.1 Å². The summed E-state index contributed by atoms with van der Waals surface area (Å²) in [5.74, 6) is -0.512. The number of fused-ring (bicyclic) bond motifs is 1. The lowest BCUT2D eigenvalue weighted by atomic mass is 10.0. The number of β-lactam (4-membered cyclic amide) rings is 1. The molecule has 2 atom stereocenters. The molecule has 1 fully saturated rings. The largest absolute Gasteiger partial charge is 0.477 e. The third-order valence-electron chi connectivity index (χ3n) is 3.71. The van der Waals surface area contributed by atoms with Crippen molar-refractivity contribution in [3.8, 4) is 0 Å². The normalized spacial score (nSPS) is 25.2. The Hall–Kier alpha value is -1.27. The summed E-state index contributed by atoms with van der Waals surface area (Å²) in [4.78, 5) is 25.2. The molecule has 0 bridgehead atoms. The van der Waals surface area contributed by atoms with Crippen LogP contribution in [0.3, 0.4) is 0 Å². The summed E-state index contributed by atoms with van der Waals surface area (Å²) in [6.07, 6.45) is 6.92. The molecule has 0 aromatic rings. The Morgan fingerprint density at radius 1 is 1.52 bits per heavy atom. The minimum absolute atomic E-state index is 0.0840. The standard InChI is InChI=1S/C15H22N2O3S/c1-3-5-6-8-16-11-13(18)17-12(15(19)20)10(7-4-2)9-21-14(11)17/h4,7,11,14,16H,3,5-6,8-9H2,1-2H3,(H,19,20)/t11?,14-/m0/s1. The maximum absolute atomic E-state index is 12.3. The summed E-state index contributed by atoms with van der Waals surface area (Å²) in [6, 6.07) is -0.242. The topological polar surface area (TPSA) is 69.6 Å². The van der Waals surface area contributed by atoms with Crippen molar-refractivity contribution in [1.29, 1.82) is 0 Å². The van der Waals surface area contributed by atoms with Crippen LogP contribution in [0.5, 0.6) is 0 Å². The van der Waals surface area contributed by atoms with Gasteiger partial charge in [-0.2, -0.15) is 0 Å². The quantitative estimate of drug-likeness (QED) is 0.556. The number of carbonyl (C=O) groups excluding carboxylic acids is 1. The molecule has 0 aromatic heterocycles. The van der Waals surface area contributed by atoms with E-state index in [0.717, 1.165) is 25.8 Å². The number of rotatable bonds is 7. The van der Waals surface area contributed by atoms with Crippen LogP contribution in [-0.2, 0) is 9.59 Å². The molecule has 0 aliphatic carbocycles. The number of aliphatic carboxylic acids is 1. The first-order chi connectivity index (χ1) is 10.1. The molecule has 0 radical (unpaired) electrons. The van der Waals surface area contributed by atoms with E-state index >= 15 is 0 Å². The van der Waals surface area contributed by atoms with Gasteiger partial charge in [0.05, 0.1) is 0 Å². The van der Waals surface area contributed by atoms with Crippen molar-refractivity contribution in [3.05, 3.63) is 23.4 Å². The van der Waals surface area contributed by atoms with E-state index in [9.17, 15) is 14.7 Å². The molecule has 2 aliphatic rings. The number of carbonyl (C=O) groups is 2. The number of carboxylic acid groups (broad SMARTS) is 1. The molecule has 1 amide bonds. The van der Waals surface area contributed by atoms with Crippen molar-refractivity contribution in [1.82, 2.24) is 10.2 Å². The Labute approximate surface area is 129 Å². The Kier molecular flexibility index (Phi) is 5.47. The third kappa shape index (κ3) is 3.16.